The van der Waals surface area contributed by atoms with Gasteiger partial charge in [0.05, 0.1) is 0 Å². The van der Waals surface area contributed by atoms with E-state index in [4.69, 9.17) is 0 Å². The van der Waals surface area contributed by atoms with Crippen molar-refractivity contribution >= 4 is 16.7 Å². The average Bonchev–Trinajstić information content (AvgIpc) is 2.16. The average molecular weight is 265 g/mol. The molecule has 1 aliphatic rings. The highest BCUT2D eigenvalue weighted by atomic mass is 32.2. The van der Waals surface area contributed by atoms with Crippen LogP contribution in [-0.2, 0) is 15.6 Å². The van der Waals surface area contributed by atoms with Gasteiger partial charge in [0.2, 0.25) is 0 Å². The quantitative estimate of drug-likeness (QED) is 0.657. The highest BCUT2D eigenvalue weighted by Crippen LogP contribution is 2.37. The van der Waals surface area contributed by atoms with Crippen molar-refractivity contribution in [1.82, 2.24) is 4.90 Å². The molecule has 0 saturated carbocycles. The Morgan fingerprint density at radius 3 is 1.88 bits per heavy atom. The summed E-state index contributed by atoms with van der Waals surface area (Å²) in [6, 6.07) is 0. The Kier molecular flexibility index (Phi) is 3.56. The van der Waals surface area contributed by atoms with Crippen LogP contribution >= 0.6 is 0 Å². The smallest absolute Gasteiger partial charge is 0.335 e. The summed E-state index contributed by atoms with van der Waals surface area (Å²) in [4.78, 5) is 11.3. The standard InChI is InChI=1S/C7H8F5NO2S/c8-6(9,7(10,11)12)5(14)13-1-3-16(15)4-2-13/h1-4H2. The molecule has 0 N–H and O–H groups in total. The first-order valence-corrected chi connectivity index (χ1v) is 5.74. The van der Waals surface area contributed by atoms with Crippen LogP contribution in [-0.4, -0.2) is 51.7 Å². The maximum absolute atomic E-state index is 12.6. The maximum Gasteiger partial charge on any atom is 0.463 e. The zero-order chi connectivity index (χ0) is 12.6. The predicted octanol–water partition coefficient (Wildman–Crippen LogP) is 0.775. The molecule has 9 heteroatoms. The van der Waals surface area contributed by atoms with Crippen molar-refractivity contribution in [1.29, 1.82) is 0 Å². The monoisotopic (exact) mass is 265 g/mol. The summed E-state index contributed by atoms with van der Waals surface area (Å²) in [6.45, 7) is -0.672. The fourth-order valence-electron chi connectivity index (χ4n) is 1.16. The molecule has 0 aromatic rings. The number of rotatable bonds is 1. The number of hydrogen-bond acceptors (Lipinski definition) is 2. The van der Waals surface area contributed by atoms with Crippen LogP contribution in [0.1, 0.15) is 0 Å². The van der Waals surface area contributed by atoms with Crippen molar-refractivity contribution in [2.45, 2.75) is 12.1 Å². The van der Waals surface area contributed by atoms with Crippen molar-refractivity contribution in [2.75, 3.05) is 24.6 Å². The van der Waals surface area contributed by atoms with Crippen molar-refractivity contribution in [3.05, 3.63) is 0 Å². The summed E-state index contributed by atoms with van der Waals surface area (Å²) in [6.07, 6.45) is -5.89. The highest BCUT2D eigenvalue weighted by Gasteiger charge is 2.64. The van der Waals surface area contributed by atoms with Gasteiger partial charge in [0.25, 0.3) is 0 Å². The Bertz CT molecular complexity index is 306. The number of carbonyl (C=O) groups excluding carboxylic acids is 1. The molecular weight excluding hydrogens is 257 g/mol. The Morgan fingerprint density at radius 2 is 1.50 bits per heavy atom. The minimum atomic E-state index is -5.89. The van der Waals surface area contributed by atoms with E-state index < -0.39 is 28.8 Å². The van der Waals surface area contributed by atoms with Crippen LogP contribution < -0.4 is 0 Å². The molecule has 0 aromatic carbocycles. The van der Waals surface area contributed by atoms with Crippen LogP contribution in [0.25, 0.3) is 0 Å². The van der Waals surface area contributed by atoms with Gasteiger partial charge in [0.15, 0.2) is 0 Å². The first kappa shape index (κ1) is 13.3. The van der Waals surface area contributed by atoms with Gasteiger partial charge in [-0.3, -0.25) is 9.00 Å². The second kappa shape index (κ2) is 4.27. The normalized spacial score (nSPS) is 19.9. The van der Waals surface area contributed by atoms with E-state index in [0.29, 0.717) is 4.90 Å². The molecule has 1 heterocycles. The third-order valence-electron chi connectivity index (χ3n) is 2.09. The molecule has 0 bridgehead atoms. The molecule has 0 aliphatic carbocycles. The molecule has 0 spiro atoms. The molecule has 0 atom stereocenters. The van der Waals surface area contributed by atoms with E-state index in [0.717, 1.165) is 0 Å². The number of alkyl halides is 5. The van der Waals surface area contributed by atoms with E-state index in [9.17, 15) is 31.0 Å². The zero-order valence-electron chi connectivity index (χ0n) is 7.89. The molecule has 1 amide bonds. The van der Waals surface area contributed by atoms with Crippen LogP contribution in [0, 0.1) is 0 Å². The van der Waals surface area contributed by atoms with E-state index in [-0.39, 0.29) is 24.6 Å². The molecule has 1 fully saturated rings. The fraction of sp³-hybridized carbons (Fsp3) is 0.857. The largest absolute Gasteiger partial charge is 0.463 e. The van der Waals surface area contributed by atoms with Gasteiger partial charge in [0, 0.05) is 35.4 Å². The molecule has 1 rings (SSSR count). The Labute approximate surface area is 90.0 Å². The minimum Gasteiger partial charge on any atom is -0.335 e. The van der Waals surface area contributed by atoms with E-state index in [1.165, 1.54) is 0 Å². The van der Waals surface area contributed by atoms with E-state index in [1.807, 2.05) is 0 Å². The number of nitrogens with zero attached hydrogens (tertiary/aromatic N) is 1. The minimum absolute atomic E-state index is 0.0698. The predicted molar refractivity (Wildman–Crippen MR) is 45.5 cm³/mol. The van der Waals surface area contributed by atoms with E-state index in [1.54, 1.807) is 0 Å². The molecule has 16 heavy (non-hydrogen) atoms. The first-order chi connectivity index (χ1) is 7.16. The molecule has 0 aromatic heterocycles. The fourth-order valence-corrected chi connectivity index (χ4v) is 2.21. The summed E-state index contributed by atoms with van der Waals surface area (Å²) in [5.74, 6) is -7.78. The number of hydrogen-bond donors (Lipinski definition) is 0. The number of halogens is 5. The van der Waals surface area contributed by atoms with Gasteiger partial charge in [-0.2, -0.15) is 22.0 Å². The second-order valence-corrected chi connectivity index (χ2v) is 4.91. The second-order valence-electron chi connectivity index (χ2n) is 3.21. The lowest BCUT2D eigenvalue weighted by atomic mass is 10.2. The molecule has 1 saturated heterocycles. The van der Waals surface area contributed by atoms with Gasteiger partial charge in [-0.15, -0.1) is 0 Å². The van der Waals surface area contributed by atoms with Crippen LogP contribution in [0.15, 0.2) is 0 Å². The van der Waals surface area contributed by atoms with E-state index in [2.05, 4.69) is 0 Å². The first-order valence-electron chi connectivity index (χ1n) is 4.25. The van der Waals surface area contributed by atoms with Crippen LogP contribution in [0.5, 0.6) is 0 Å². The Hall–Kier alpha value is -0.730. The maximum atomic E-state index is 12.6. The zero-order valence-corrected chi connectivity index (χ0v) is 8.71. The summed E-state index contributed by atoms with van der Waals surface area (Å²) >= 11 is 0. The van der Waals surface area contributed by atoms with Crippen LogP contribution in [0.2, 0.25) is 0 Å². The van der Waals surface area contributed by atoms with Gasteiger partial charge in [-0.1, -0.05) is 0 Å². The summed E-state index contributed by atoms with van der Waals surface area (Å²) in [5, 5.41) is 0. The summed E-state index contributed by atoms with van der Waals surface area (Å²) in [5.41, 5.74) is 0. The lowest BCUT2D eigenvalue weighted by Gasteiger charge is -2.30. The van der Waals surface area contributed by atoms with Crippen molar-refractivity contribution in [3.8, 4) is 0 Å². The Balaban J connectivity index is 2.75. The molecular formula is C7H8F5NO2S. The third kappa shape index (κ3) is 2.50. The van der Waals surface area contributed by atoms with Gasteiger partial charge < -0.3 is 4.90 Å². The van der Waals surface area contributed by atoms with Crippen molar-refractivity contribution < 1.29 is 31.0 Å². The van der Waals surface area contributed by atoms with Gasteiger partial charge in [-0.25, -0.2) is 0 Å². The SMILES string of the molecule is O=C(N1CCS(=O)CC1)C(F)(F)C(F)(F)F. The molecule has 0 radical (unpaired) electrons. The molecule has 0 unspecified atom stereocenters. The van der Waals surface area contributed by atoms with Gasteiger partial charge >= 0.3 is 18.0 Å². The van der Waals surface area contributed by atoms with Gasteiger partial charge in [0.1, 0.15) is 0 Å². The number of carbonyl (C=O) groups is 1. The molecule has 3 nitrogen and oxygen atoms in total. The molecule has 1 aliphatic heterocycles. The van der Waals surface area contributed by atoms with Crippen LogP contribution in [0.3, 0.4) is 0 Å². The summed E-state index contributed by atoms with van der Waals surface area (Å²) in [7, 11) is -1.25. The van der Waals surface area contributed by atoms with Crippen LogP contribution in [0.4, 0.5) is 22.0 Å². The molecule has 94 valence electrons. The van der Waals surface area contributed by atoms with Crippen molar-refractivity contribution in [2.24, 2.45) is 0 Å². The third-order valence-corrected chi connectivity index (χ3v) is 3.37. The lowest BCUT2D eigenvalue weighted by molar-refractivity contribution is -0.274. The highest BCUT2D eigenvalue weighted by molar-refractivity contribution is 7.85. The van der Waals surface area contributed by atoms with E-state index >= 15 is 0 Å². The summed E-state index contributed by atoms with van der Waals surface area (Å²) < 4.78 is 71.6. The number of amides is 1. The van der Waals surface area contributed by atoms with Crippen molar-refractivity contribution in [3.63, 3.8) is 0 Å². The topological polar surface area (TPSA) is 37.4 Å². The Morgan fingerprint density at radius 1 is 1.06 bits per heavy atom. The van der Waals surface area contributed by atoms with Gasteiger partial charge in [-0.05, 0) is 0 Å². The lowest BCUT2D eigenvalue weighted by Crippen LogP contribution is -2.55.